The molecule has 0 heterocycles. The van der Waals surface area contributed by atoms with Crippen molar-refractivity contribution in [2.75, 3.05) is 18.6 Å². The number of fused-ring (bicyclic) bond motifs is 1. The van der Waals surface area contributed by atoms with Crippen LogP contribution in [0.15, 0.2) is 30.3 Å². The number of aliphatic hydroxyl groups excluding tert-OH is 1. The molecule has 1 aliphatic rings. The van der Waals surface area contributed by atoms with Gasteiger partial charge in [-0.15, -0.1) is 0 Å². The summed E-state index contributed by atoms with van der Waals surface area (Å²) in [5.74, 6) is 2.09. The highest BCUT2D eigenvalue weighted by atomic mass is 32.2. The molecule has 0 fully saturated rings. The minimum Gasteiger partial charge on any atom is -0.494 e. The quantitative estimate of drug-likeness (QED) is 0.742. The van der Waals surface area contributed by atoms with Gasteiger partial charge in [-0.1, -0.05) is 18.2 Å². The molecule has 0 aliphatic heterocycles. The van der Waals surface area contributed by atoms with Gasteiger partial charge in [0.2, 0.25) is 0 Å². The maximum absolute atomic E-state index is 10.2. The van der Waals surface area contributed by atoms with E-state index in [4.69, 9.17) is 4.74 Å². The summed E-state index contributed by atoms with van der Waals surface area (Å²) in [6, 6.07) is 10.6. The highest BCUT2D eigenvalue weighted by Crippen LogP contribution is 2.40. The number of thioether (sulfide) groups is 1. The summed E-state index contributed by atoms with van der Waals surface area (Å²) in [6.07, 6.45) is 4.68. The van der Waals surface area contributed by atoms with E-state index in [1.165, 1.54) is 27.8 Å². The molecule has 0 spiro atoms. The Balaban J connectivity index is 1.90. The predicted octanol–water partition coefficient (Wildman–Crippen LogP) is 5.08. The normalized spacial score (nSPS) is 16.2. The maximum atomic E-state index is 10.2. The van der Waals surface area contributed by atoms with Crippen molar-refractivity contribution in [2.45, 2.75) is 39.2 Å². The van der Waals surface area contributed by atoms with Crippen molar-refractivity contribution >= 4 is 11.8 Å². The molecule has 3 rings (SSSR count). The minimum absolute atomic E-state index is 0.306. The maximum Gasteiger partial charge on any atom is 0.119 e. The van der Waals surface area contributed by atoms with Crippen LogP contribution in [0, 0.1) is 13.8 Å². The van der Waals surface area contributed by atoms with E-state index < -0.39 is 0 Å². The Labute approximate surface area is 149 Å². The van der Waals surface area contributed by atoms with Crippen LogP contribution in [0.5, 0.6) is 5.75 Å². The lowest BCUT2D eigenvalue weighted by Crippen LogP contribution is -2.01. The van der Waals surface area contributed by atoms with Gasteiger partial charge in [-0.3, -0.25) is 0 Å². The van der Waals surface area contributed by atoms with Gasteiger partial charge in [-0.25, -0.2) is 0 Å². The monoisotopic (exact) mass is 342 g/mol. The molecule has 2 aromatic rings. The zero-order chi connectivity index (χ0) is 17.1. The molecule has 1 atom stereocenters. The van der Waals surface area contributed by atoms with Crippen molar-refractivity contribution in [2.24, 2.45) is 0 Å². The Hall–Kier alpha value is -1.45. The minimum atomic E-state index is -0.306. The lowest BCUT2D eigenvalue weighted by atomic mass is 9.90. The molecule has 1 unspecified atom stereocenters. The van der Waals surface area contributed by atoms with Crippen LogP contribution in [0.3, 0.4) is 0 Å². The average molecular weight is 343 g/mol. The largest absolute Gasteiger partial charge is 0.494 e. The van der Waals surface area contributed by atoms with Crippen molar-refractivity contribution in [3.8, 4) is 16.9 Å². The average Bonchev–Trinajstić information content (AvgIpc) is 2.93. The lowest BCUT2D eigenvalue weighted by molar-refractivity contribution is 0.180. The summed E-state index contributed by atoms with van der Waals surface area (Å²) in [4.78, 5) is 0. The molecule has 3 heteroatoms. The number of rotatable bonds is 6. The first-order valence-corrected chi connectivity index (χ1v) is 10.0. The fourth-order valence-electron chi connectivity index (χ4n) is 3.69. The van der Waals surface area contributed by atoms with Gasteiger partial charge < -0.3 is 9.84 Å². The van der Waals surface area contributed by atoms with Gasteiger partial charge >= 0.3 is 0 Å². The number of ether oxygens (including phenoxy) is 1. The number of benzene rings is 2. The van der Waals surface area contributed by atoms with E-state index in [-0.39, 0.29) is 6.10 Å². The van der Waals surface area contributed by atoms with Crippen molar-refractivity contribution < 1.29 is 9.84 Å². The van der Waals surface area contributed by atoms with Gasteiger partial charge in [-0.05, 0) is 90.6 Å². The molecule has 0 saturated carbocycles. The fourth-order valence-corrected chi connectivity index (χ4v) is 4.10. The molecule has 0 saturated heterocycles. The van der Waals surface area contributed by atoms with E-state index >= 15 is 0 Å². The highest BCUT2D eigenvalue weighted by Gasteiger charge is 2.24. The Morgan fingerprint density at radius 2 is 1.96 bits per heavy atom. The third-order valence-electron chi connectivity index (χ3n) is 4.78. The molecule has 1 aliphatic carbocycles. The predicted molar refractivity (Wildman–Crippen MR) is 103 cm³/mol. The summed E-state index contributed by atoms with van der Waals surface area (Å²) in [5.41, 5.74) is 7.45. The molecule has 0 bridgehead atoms. The van der Waals surface area contributed by atoms with Crippen LogP contribution in [0.1, 0.15) is 41.2 Å². The summed E-state index contributed by atoms with van der Waals surface area (Å²) in [6.45, 7) is 5.08. The van der Waals surface area contributed by atoms with Crippen LogP contribution >= 0.6 is 11.8 Å². The smallest absolute Gasteiger partial charge is 0.119 e. The second-order valence-electron chi connectivity index (χ2n) is 6.55. The molecule has 0 amide bonds. The summed E-state index contributed by atoms with van der Waals surface area (Å²) < 4.78 is 5.92. The summed E-state index contributed by atoms with van der Waals surface area (Å²) >= 11 is 1.85. The Kier molecular flexibility index (Phi) is 5.52. The van der Waals surface area contributed by atoms with Crippen molar-refractivity contribution in [1.29, 1.82) is 0 Å². The van der Waals surface area contributed by atoms with E-state index in [9.17, 15) is 5.11 Å². The molecular weight excluding hydrogens is 316 g/mol. The first-order valence-electron chi connectivity index (χ1n) is 8.65. The molecule has 0 aromatic heterocycles. The summed E-state index contributed by atoms with van der Waals surface area (Å²) in [7, 11) is 0. The first kappa shape index (κ1) is 17.4. The SMILES string of the molecule is CSCCCOc1cc(C)c(-c2cccc3c2CCC3O)c(C)c1. The van der Waals surface area contributed by atoms with Crippen molar-refractivity contribution in [1.82, 2.24) is 0 Å². The zero-order valence-corrected chi connectivity index (χ0v) is 15.6. The number of aliphatic hydroxyl groups is 1. The Morgan fingerprint density at radius 3 is 2.67 bits per heavy atom. The van der Waals surface area contributed by atoms with Gasteiger partial charge in [0, 0.05) is 0 Å². The Morgan fingerprint density at radius 1 is 1.21 bits per heavy atom. The zero-order valence-electron chi connectivity index (χ0n) is 14.8. The van der Waals surface area contributed by atoms with Crippen LogP contribution in [0.4, 0.5) is 0 Å². The van der Waals surface area contributed by atoms with E-state index in [1.54, 1.807) is 0 Å². The molecular formula is C21H26O2S. The summed E-state index contributed by atoms with van der Waals surface area (Å²) in [5, 5.41) is 10.2. The molecule has 0 radical (unpaired) electrons. The molecule has 2 nitrogen and oxygen atoms in total. The van der Waals surface area contributed by atoms with Crippen molar-refractivity contribution in [3.63, 3.8) is 0 Å². The van der Waals surface area contributed by atoms with Crippen LogP contribution in [0.2, 0.25) is 0 Å². The number of aryl methyl sites for hydroxylation is 2. The van der Waals surface area contributed by atoms with E-state index in [2.05, 4.69) is 50.4 Å². The van der Waals surface area contributed by atoms with E-state index in [1.807, 2.05) is 11.8 Å². The van der Waals surface area contributed by atoms with Gasteiger partial charge in [0.25, 0.3) is 0 Å². The third kappa shape index (κ3) is 3.47. The van der Waals surface area contributed by atoms with Crippen molar-refractivity contribution in [3.05, 3.63) is 52.6 Å². The second kappa shape index (κ2) is 7.62. The third-order valence-corrected chi connectivity index (χ3v) is 5.47. The second-order valence-corrected chi connectivity index (χ2v) is 7.54. The molecule has 128 valence electrons. The van der Waals surface area contributed by atoms with Crippen LogP contribution in [-0.2, 0) is 6.42 Å². The molecule has 1 N–H and O–H groups in total. The van der Waals surface area contributed by atoms with Gasteiger partial charge in [-0.2, -0.15) is 11.8 Å². The fraction of sp³-hybridized carbons (Fsp3) is 0.429. The molecule has 2 aromatic carbocycles. The number of hydrogen-bond donors (Lipinski definition) is 1. The standard InChI is InChI=1S/C21H26O2S/c1-14-12-16(23-10-5-11-24-3)13-15(2)21(14)19-7-4-6-18-17(19)8-9-20(18)22/h4,6-7,12-13,20,22H,5,8-11H2,1-3H3. The van der Waals surface area contributed by atoms with Gasteiger partial charge in [0.15, 0.2) is 0 Å². The van der Waals surface area contributed by atoms with E-state index in [0.717, 1.165) is 42.9 Å². The topological polar surface area (TPSA) is 29.5 Å². The van der Waals surface area contributed by atoms with Crippen LogP contribution in [0.25, 0.3) is 11.1 Å². The number of hydrogen-bond acceptors (Lipinski definition) is 3. The van der Waals surface area contributed by atoms with Gasteiger partial charge in [0.1, 0.15) is 5.75 Å². The Bertz CT molecular complexity index is 701. The highest BCUT2D eigenvalue weighted by molar-refractivity contribution is 7.98. The lowest BCUT2D eigenvalue weighted by Gasteiger charge is -2.17. The van der Waals surface area contributed by atoms with Crippen LogP contribution in [-0.4, -0.2) is 23.7 Å². The first-order chi connectivity index (χ1) is 11.6. The van der Waals surface area contributed by atoms with Gasteiger partial charge in [0.05, 0.1) is 12.7 Å². The van der Waals surface area contributed by atoms with Crippen LogP contribution < -0.4 is 4.74 Å². The van der Waals surface area contributed by atoms with E-state index in [0.29, 0.717) is 0 Å². The molecule has 24 heavy (non-hydrogen) atoms.